The summed E-state index contributed by atoms with van der Waals surface area (Å²) in [6.07, 6.45) is 0. The van der Waals surface area contributed by atoms with Crippen molar-refractivity contribution in [2.24, 2.45) is 0 Å². The quantitative estimate of drug-likeness (QED) is 0.598. The molecule has 2 amide bonds. The number of carbonyl (C=O) groups excluding carboxylic acids is 2. The predicted molar refractivity (Wildman–Crippen MR) is 119 cm³/mol. The largest absolute Gasteiger partial charge is 0.483 e. The molecule has 1 atom stereocenters. The van der Waals surface area contributed by atoms with Gasteiger partial charge in [-0.15, -0.1) is 0 Å². The number of amides is 2. The molecule has 6 heteroatoms. The number of hydrogen-bond donors (Lipinski definition) is 1. The Labute approximate surface area is 181 Å². The Morgan fingerprint density at radius 1 is 1.07 bits per heavy atom. The molecule has 0 aliphatic rings. The van der Waals surface area contributed by atoms with Gasteiger partial charge < -0.3 is 15.0 Å². The molecule has 2 aromatic carbocycles. The van der Waals surface area contributed by atoms with Crippen molar-refractivity contribution in [1.82, 2.24) is 10.2 Å². The topological polar surface area (TPSA) is 58.6 Å². The van der Waals surface area contributed by atoms with Crippen LogP contribution in [0.1, 0.15) is 44.7 Å². The molecule has 0 aromatic heterocycles. The van der Waals surface area contributed by atoms with E-state index < -0.39 is 6.04 Å². The molecule has 0 aliphatic heterocycles. The van der Waals surface area contributed by atoms with Crippen LogP contribution in [0, 0.1) is 0 Å². The van der Waals surface area contributed by atoms with E-state index in [1.807, 2.05) is 55.5 Å². The van der Waals surface area contributed by atoms with Gasteiger partial charge in [-0.1, -0.05) is 60.1 Å². The first-order chi connectivity index (χ1) is 13.8. The van der Waals surface area contributed by atoms with Crippen LogP contribution in [-0.2, 0) is 16.1 Å². The lowest BCUT2D eigenvalue weighted by atomic mass is 10.0. The Bertz CT molecular complexity index is 821. The second kappa shape index (κ2) is 11.0. The molecule has 0 unspecified atom stereocenters. The molecule has 0 spiro atoms. The van der Waals surface area contributed by atoms with Gasteiger partial charge in [0.05, 0.1) is 0 Å². The van der Waals surface area contributed by atoms with E-state index in [4.69, 9.17) is 4.74 Å². The van der Waals surface area contributed by atoms with Crippen LogP contribution in [0.3, 0.4) is 0 Å². The van der Waals surface area contributed by atoms with E-state index in [1.165, 1.54) is 0 Å². The number of carbonyl (C=O) groups is 2. The van der Waals surface area contributed by atoms with E-state index in [9.17, 15) is 9.59 Å². The monoisotopic (exact) mass is 460 g/mol. The maximum atomic E-state index is 13.0. The van der Waals surface area contributed by atoms with Crippen molar-refractivity contribution < 1.29 is 14.3 Å². The lowest BCUT2D eigenvalue weighted by molar-refractivity contribution is -0.142. The van der Waals surface area contributed by atoms with E-state index in [2.05, 4.69) is 35.1 Å². The lowest BCUT2D eigenvalue weighted by Crippen LogP contribution is -2.49. The summed E-state index contributed by atoms with van der Waals surface area (Å²) in [6.45, 7) is 8.49. The summed E-state index contributed by atoms with van der Waals surface area (Å²) in [5, 5.41) is 2.79. The number of para-hydroxylation sites is 1. The van der Waals surface area contributed by atoms with Crippen LogP contribution < -0.4 is 10.1 Å². The maximum absolute atomic E-state index is 13.0. The summed E-state index contributed by atoms with van der Waals surface area (Å²) < 4.78 is 6.82. The SMILES string of the molecule is CCNC(=O)[C@H](C)N(Cc1ccc(Br)cc1)C(=O)COc1ccccc1C(C)C. The van der Waals surface area contributed by atoms with Crippen molar-refractivity contribution in [3.8, 4) is 5.75 Å². The average molecular weight is 461 g/mol. The summed E-state index contributed by atoms with van der Waals surface area (Å²) in [4.78, 5) is 27.0. The lowest BCUT2D eigenvalue weighted by Gasteiger charge is -2.29. The number of ether oxygens (including phenoxy) is 1. The summed E-state index contributed by atoms with van der Waals surface area (Å²) >= 11 is 3.42. The van der Waals surface area contributed by atoms with Crippen LogP contribution >= 0.6 is 15.9 Å². The Balaban J connectivity index is 2.17. The Hall–Kier alpha value is -2.34. The van der Waals surface area contributed by atoms with Crippen molar-refractivity contribution in [2.45, 2.75) is 46.2 Å². The van der Waals surface area contributed by atoms with Crippen LogP contribution in [0.2, 0.25) is 0 Å². The molecule has 156 valence electrons. The van der Waals surface area contributed by atoms with Crippen molar-refractivity contribution in [3.05, 3.63) is 64.1 Å². The van der Waals surface area contributed by atoms with Gasteiger partial charge in [-0.2, -0.15) is 0 Å². The van der Waals surface area contributed by atoms with Gasteiger partial charge in [0.1, 0.15) is 11.8 Å². The van der Waals surface area contributed by atoms with E-state index >= 15 is 0 Å². The number of nitrogens with zero attached hydrogens (tertiary/aromatic N) is 1. The second-order valence-corrected chi connectivity index (χ2v) is 8.12. The molecule has 5 nitrogen and oxygen atoms in total. The van der Waals surface area contributed by atoms with Crippen LogP contribution in [0.15, 0.2) is 53.0 Å². The molecule has 0 aliphatic carbocycles. The van der Waals surface area contributed by atoms with Crippen LogP contribution in [0.5, 0.6) is 5.75 Å². The Morgan fingerprint density at radius 2 is 1.72 bits per heavy atom. The third-order valence-corrected chi connectivity index (χ3v) is 5.21. The first-order valence-electron chi connectivity index (χ1n) is 9.86. The highest BCUT2D eigenvalue weighted by Gasteiger charge is 2.26. The van der Waals surface area contributed by atoms with Crippen molar-refractivity contribution in [3.63, 3.8) is 0 Å². The molecule has 2 aromatic rings. The first kappa shape index (κ1) is 22.9. The van der Waals surface area contributed by atoms with E-state index in [0.29, 0.717) is 18.8 Å². The molecule has 1 N–H and O–H groups in total. The fourth-order valence-corrected chi connectivity index (χ4v) is 3.27. The van der Waals surface area contributed by atoms with Gasteiger partial charge in [0.2, 0.25) is 5.91 Å². The summed E-state index contributed by atoms with van der Waals surface area (Å²) in [6, 6.07) is 14.8. The molecule has 0 saturated heterocycles. The standard InChI is InChI=1S/C23H29BrN2O3/c1-5-25-23(28)17(4)26(14-18-10-12-19(24)13-11-18)22(27)15-29-21-9-7-6-8-20(21)16(2)3/h6-13,16-17H,5,14-15H2,1-4H3,(H,25,28)/t17-/m0/s1. The minimum atomic E-state index is -0.602. The average Bonchev–Trinajstić information content (AvgIpc) is 2.71. The number of hydrogen-bond acceptors (Lipinski definition) is 3. The molecule has 0 radical (unpaired) electrons. The summed E-state index contributed by atoms with van der Waals surface area (Å²) in [5.41, 5.74) is 2.00. The third-order valence-electron chi connectivity index (χ3n) is 4.68. The minimum Gasteiger partial charge on any atom is -0.483 e. The zero-order valence-corrected chi connectivity index (χ0v) is 19.0. The van der Waals surface area contributed by atoms with E-state index in [0.717, 1.165) is 15.6 Å². The molecule has 0 bridgehead atoms. The van der Waals surface area contributed by atoms with Gasteiger partial charge in [0, 0.05) is 17.6 Å². The van der Waals surface area contributed by atoms with Gasteiger partial charge in [-0.25, -0.2) is 0 Å². The molecule has 0 fully saturated rings. The first-order valence-corrected chi connectivity index (χ1v) is 10.7. The number of halogens is 1. The highest BCUT2D eigenvalue weighted by Crippen LogP contribution is 2.26. The summed E-state index contributed by atoms with van der Waals surface area (Å²) in [7, 11) is 0. The molecule has 29 heavy (non-hydrogen) atoms. The number of likely N-dealkylation sites (N-methyl/N-ethyl adjacent to an activating group) is 1. The van der Waals surface area contributed by atoms with Crippen molar-refractivity contribution >= 4 is 27.7 Å². The van der Waals surface area contributed by atoms with Crippen molar-refractivity contribution in [2.75, 3.05) is 13.2 Å². The van der Waals surface area contributed by atoms with E-state index in [-0.39, 0.29) is 24.3 Å². The maximum Gasteiger partial charge on any atom is 0.261 e. The van der Waals surface area contributed by atoms with Crippen LogP contribution in [0.25, 0.3) is 0 Å². The van der Waals surface area contributed by atoms with Gasteiger partial charge in [-0.3, -0.25) is 9.59 Å². The van der Waals surface area contributed by atoms with Crippen molar-refractivity contribution in [1.29, 1.82) is 0 Å². The fourth-order valence-electron chi connectivity index (χ4n) is 3.00. The summed E-state index contributed by atoms with van der Waals surface area (Å²) in [5.74, 6) is 0.574. The predicted octanol–water partition coefficient (Wildman–Crippen LogP) is 4.50. The Kier molecular flexibility index (Phi) is 8.70. The van der Waals surface area contributed by atoms with Gasteiger partial charge in [0.15, 0.2) is 6.61 Å². The normalized spacial score (nSPS) is 11.8. The smallest absolute Gasteiger partial charge is 0.261 e. The fraction of sp³-hybridized carbons (Fsp3) is 0.391. The zero-order valence-electron chi connectivity index (χ0n) is 17.4. The highest BCUT2D eigenvalue weighted by molar-refractivity contribution is 9.10. The molecule has 0 heterocycles. The molecular weight excluding hydrogens is 432 g/mol. The number of nitrogens with one attached hydrogen (secondary N) is 1. The van der Waals surface area contributed by atoms with Crippen LogP contribution in [0.4, 0.5) is 0 Å². The van der Waals surface area contributed by atoms with Crippen LogP contribution in [-0.4, -0.2) is 35.9 Å². The van der Waals surface area contributed by atoms with Gasteiger partial charge in [-0.05, 0) is 49.1 Å². The third kappa shape index (κ3) is 6.60. The Morgan fingerprint density at radius 3 is 2.34 bits per heavy atom. The number of benzene rings is 2. The zero-order chi connectivity index (χ0) is 21.4. The van der Waals surface area contributed by atoms with Gasteiger partial charge >= 0.3 is 0 Å². The van der Waals surface area contributed by atoms with E-state index in [1.54, 1.807) is 11.8 Å². The minimum absolute atomic E-state index is 0.121. The molecule has 2 rings (SSSR count). The van der Waals surface area contributed by atoms with Gasteiger partial charge in [0.25, 0.3) is 5.91 Å². The number of rotatable bonds is 9. The molecule has 0 saturated carbocycles. The highest BCUT2D eigenvalue weighted by atomic mass is 79.9. The molecular formula is C23H29BrN2O3. The second-order valence-electron chi connectivity index (χ2n) is 7.20.